The average molecular weight is 232 g/mol. The minimum absolute atomic E-state index is 0.0779. The molecule has 0 aromatic carbocycles. The first-order valence-corrected chi connectivity index (χ1v) is 5.93. The van der Waals surface area contributed by atoms with Crippen molar-refractivity contribution in [2.45, 2.75) is 24.8 Å². The van der Waals surface area contributed by atoms with Gasteiger partial charge in [0.15, 0.2) is 0 Å². The van der Waals surface area contributed by atoms with Crippen molar-refractivity contribution in [3.05, 3.63) is 21.9 Å². The van der Waals surface area contributed by atoms with Crippen LogP contribution < -0.4 is 11.1 Å². The van der Waals surface area contributed by atoms with Gasteiger partial charge in [0, 0.05) is 24.7 Å². The predicted octanol–water partition coefficient (Wildman–Crippen LogP) is 2.09. The number of piperidine rings is 1. The van der Waals surface area contributed by atoms with Gasteiger partial charge in [-0.3, -0.25) is 0 Å². The largest absolute Gasteiger partial charge is 0.327 e. The highest BCUT2D eigenvalue weighted by molar-refractivity contribution is 7.08. The molecule has 2 nitrogen and oxygen atoms in total. The van der Waals surface area contributed by atoms with Gasteiger partial charge in [0.05, 0.1) is 0 Å². The Balaban J connectivity index is 2.17. The number of hydrogen-bond acceptors (Lipinski definition) is 3. The van der Waals surface area contributed by atoms with E-state index in [1.54, 1.807) is 5.38 Å². The van der Waals surface area contributed by atoms with Crippen LogP contribution in [0.2, 0.25) is 0 Å². The standard InChI is InChI=1S/C10H14F2N2S/c11-10(12)9-5-15-4-8(9)6-1-7(13)3-14-2-6/h4-7,10,14H,1-3,13H2. The van der Waals surface area contributed by atoms with Crippen molar-refractivity contribution >= 4 is 11.3 Å². The van der Waals surface area contributed by atoms with E-state index < -0.39 is 6.43 Å². The highest BCUT2D eigenvalue weighted by Gasteiger charge is 2.25. The SMILES string of the molecule is NC1CNCC(c2cscc2C(F)F)C1. The van der Waals surface area contributed by atoms with Crippen LogP contribution in [0.3, 0.4) is 0 Å². The molecule has 5 heteroatoms. The summed E-state index contributed by atoms with van der Waals surface area (Å²) in [7, 11) is 0. The zero-order chi connectivity index (χ0) is 10.8. The van der Waals surface area contributed by atoms with Gasteiger partial charge in [-0.1, -0.05) is 0 Å². The van der Waals surface area contributed by atoms with Crippen molar-refractivity contribution in [2.24, 2.45) is 5.73 Å². The van der Waals surface area contributed by atoms with Gasteiger partial charge in [-0.05, 0) is 28.7 Å². The molecule has 0 radical (unpaired) electrons. The zero-order valence-corrected chi connectivity index (χ0v) is 9.07. The quantitative estimate of drug-likeness (QED) is 0.819. The van der Waals surface area contributed by atoms with Gasteiger partial charge in [0.1, 0.15) is 0 Å². The normalized spacial score (nSPS) is 27.2. The molecule has 2 heterocycles. The first-order valence-electron chi connectivity index (χ1n) is 4.99. The molecule has 2 atom stereocenters. The summed E-state index contributed by atoms with van der Waals surface area (Å²) in [5, 5.41) is 6.54. The molecule has 1 saturated heterocycles. The van der Waals surface area contributed by atoms with Crippen molar-refractivity contribution < 1.29 is 8.78 Å². The lowest BCUT2D eigenvalue weighted by atomic mass is 9.89. The van der Waals surface area contributed by atoms with Gasteiger partial charge in [0.25, 0.3) is 6.43 Å². The number of thiophene rings is 1. The van der Waals surface area contributed by atoms with Gasteiger partial charge >= 0.3 is 0 Å². The van der Waals surface area contributed by atoms with E-state index in [-0.39, 0.29) is 17.5 Å². The van der Waals surface area contributed by atoms with Crippen LogP contribution in [0.15, 0.2) is 10.8 Å². The molecule has 1 fully saturated rings. The van der Waals surface area contributed by atoms with Crippen molar-refractivity contribution in [2.75, 3.05) is 13.1 Å². The van der Waals surface area contributed by atoms with Gasteiger partial charge in [-0.25, -0.2) is 8.78 Å². The third kappa shape index (κ3) is 2.35. The highest BCUT2D eigenvalue weighted by atomic mass is 32.1. The van der Waals surface area contributed by atoms with E-state index in [1.165, 1.54) is 11.3 Å². The van der Waals surface area contributed by atoms with E-state index in [9.17, 15) is 8.78 Å². The molecule has 15 heavy (non-hydrogen) atoms. The third-order valence-electron chi connectivity index (χ3n) is 2.78. The number of alkyl halides is 2. The van der Waals surface area contributed by atoms with Crippen LogP contribution in [-0.2, 0) is 0 Å². The van der Waals surface area contributed by atoms with E-state index in [2.05, 4.69) is 5.32 Å². The summed E-state index contributed by atoms with van der Waals surface area (Å²) in [4.78, 5) is 0. The smallest absolute Gasteiger partial charge is 0.264 e. The summed E-state index contributed by atoms with van der Waals surface area (Å²) in [5.74, 6) is 0.143. The lowest BCUT2D eigenvalue weighted by molar-refractivity contribution is 0.150. The fourth-order valence-corrected chi connectivity index (χ4v) is 2.97. The second-order valence-electron chi connectivity index (χ2n) is 3.93. The van der Waals surface area contributed by atoms with E-state index in [0.29, 0.717) is 0 Å². The molecule has 1 aliphatic heterocycles. The Labute approximate surface area is 91.5 Å². The zero-order valence-electron chi connectivity index (χ0n) is 8.25. The molecule has 2 unspecified atom stereocenters. The monoisotopic (exact) mass is 232 g/mol. The first kappa shape index (κ1) is 11.0. The molecular formula is C10H14F2N2S. The maximum absolute atomic E-state index is 12.7. The first-order chi connectivity index (χ1) is 7.18. The number of halogens is 2. The Morgan fingerprint density at radius 3 is 2.87 bits per heavy atom. The summed E-state index contributed by atoms with van der Waals surface area (Å²) in [5.41, 5.74) is 6.77. The fraction of sp³-hybridized carbons (Fsp3) is 0.600. The molecule has 1 aliphatic rings. The second kappa shape index (κ2) is 4.55. The van der Waals surface area contributed by atoms with Crippen LogP contribution in [0.4, 0.5) is 8.78 Å². The molecule has 0 spiro atoms. The minimum Gasteiger partial charge on any atom is -0.327 e. The predicted molar refractivity (Wildman–Crippen MR) is 57.5 cm³/mol. The van der Waals surface area contributed by atoms with Gasteiger partial charge in [0.2, 0.25) is 0 Å². The van der Waals surface area contributed by atoms with Gasteiger partial charge in [-0.2, -0.15) is 11.3 Å². The summed E-state index contributed by atoms with van der Waals surface area (Å²) < 4.78 is 25.3. The lowest BCUT2D eigenvalue weighted by Crippen LogP contribution is -2.43. The summed E-state index contributed by atoms with van der Waals surface area (Å²) in [6, 6.07) is 0.0779. The maximum atomic E-state index is 12.7. The summed E-state index contributed by atoms with van der Waals surface area (Å²) in [6.07, 6.45) is -1.58. The molecular weight excluding hydrogens is 218 g/mol. The molecule has 0 aliphatic carbocycles. The van der Waals surface area contributed by atoms with Crippen molar-refractivity contribution in [1.82, 2.24) is 5.32 Å². The van der Waals surface area contributed by atoms with E-state index in [4.69, 9.17) is 5.73 Å². The Kier molecular flexibility index (Phi) is 3.33. The highest BCUT2D eigenvalue weighted by Crippen LogP contribution is 2.34. The molecule has 3 N–H and O–H groups in total. The van der Waals surface area contributed by atoms with Crippen LogP contribution in [-0.4, -0.2) is 19.1 Å². The Morgan fingerprint density at radius 2 is 2.20 bits per heavy atom. The van der Waals surface area contributed by atoms with Gasteiger partial charge in [-0.15, -0.1) is 0 Å². The lowest BCUT2D eigenvalue weighted by Gasteiger charge is -2.28. The molecule has 0 saturated carbocycles. The number of nitrogens with two attached hydrogens (primary N) is 1. The van der Waals surface area contributed by atoms with E-state index >= 15 is 0 Å². The van der Waals surface area contributed by atoms with Crippen LogP contribution in [0.25, 0.3) is 0 Å². The molecule has 1 aromatic rings. The number of hydrogen-bond donors (Lipinski definition) is 2. The van der Waals surface area contributed by atoms with Crippen LogP contribution >= 0.6 is 11.3 Å². The summed E-state index contributed by atoms with van der Waals surface area (Å²) >= 11 is 1.34. The Morgan fingerprint density at radius 1 is 1.40 bits per heavy atom. The van der Waals surface area contributed by atoms with Crippen molar-refractivity contribution in [1.29, 1.82) is 0 Å². The molecule has 0 amide bonds. The summed E-state index contributed by atoms with van der Waals surface area (Å²) in [6.45, 7) is 1.54. The fourth-order valence-electron chi connectivity index (χ4n) is 2.04. The van der Waals surface area contributed by atoms with Crippen LogP contribution in [0, 0.1) is 0 Å². The molecule has 1 aromatic heterocycles. The number of nitrogens with one attached hydrogen (secondary N) is 1. The van der Waals surface area contributed by atoms with Crippen molar-refractivity contribution in [3.8, 4) is 0 Å². The van der Waals surface area contributed by atoms with Crippen LogP contribution in [0.1, 0.15) is 29.9 Å². The van der Waals surface area contributed by atoms with Crippen LogP contribution in [0.5, 0.6) is 0 Å². The van der Waals surface area contributed by atoms with E-state index in [0.717, 1.165) is 25.1 Å². The molecule has 84 valence electrons. The second-order valence-corrected chi connectivity index (χ2v) is 4.68. The third-order valence-corrected chi connectivity index (χ3v) is 3.56. The van der Waals surface area contributed by atoms with Crippen molar-refractivity contribution in [3.63, 3.8) is 0 Å². The Bertz CT molecular complexity index is 327. The van der Waals surface area contributed by atoms with E-state index in [1.807, 2.05) is 5.38 Å². The Hall–Kier alpha value is -0.520. The molecule has 2 rings (SSSR count). The van der Waals surface area contributed by atoms with Gasteiger partial charge < -0.3 is 11.1 Å². The average Bonchev–Trinajstić information content (AvgIpc) is 2.65. The maximum Gasteiger partial charge on any atom is 0.264 e. The topological polar surface area (TPSA) is 38.0 Å². The number of rotatable bonds is 2. The minimum atomic E-state index is -2.37. The molecule has 0 bridgehead atoms.